The highest BCUT2D eigenvalue weighted by Crippen LogP contribution is 2.35. The smallest absolute Gasteiger partial charge is 0.338 e. The molecule has 1 N–H and O–H groups in total. The van der Waals surface area contributed by atoms with Crippen molar-refractivity contribution in [1.29, 1.82) is 0 Å². The van der Waals surface area contributed by atoms with E-state index in [0.29, 0.717) is 16.9 Å². The number of aromatic nitrogens is 2. The highest BCUT2D eigenvalue weighted by Gasteiger charge is 2.31. The number of rotatable bonds is 1. The minimum atomic E-state index is -4.43. The lowest BCUT2D eigenvalue weighted by Gasteiger charge is -2.06. The predicted molar refractivity (Wildman–Crippen MR) is 74.2 cm³/mol. The maximum absolute atomic E-state index is 12.9. The zero-order valence-electron chi connectivity index (χ0n) is 10.3. The van der Waals surface area contributed by atoms with Crippen molar-refractivity contribution in [2.45, 2.75) is 6.18 Å². The second-order valence-electron chi connectivity index (χ2n) is 4.44. The van der Waals surface area contributed by atoms with E-state index < -0.39 is 17.6 Å². The Morgan fingerprint density at radius 3 is 2.33 bits per heavy atom. The molecule has 3 rings (SSSR count). The number of nitrogens with zero attached hydrogens (tertiary/aromatic N) is 1. The molecule has 1 aromatic heterocycles. The standard InChI is InChI=1S/C14H7BrF4N2/c15-10-5-8(14(17,18)19)6-11-12(10)21-13(20-11)7-1-3-9(16)4-2-7/h1-6H,(H,20,21). The Morgan fingerprint density at radius 1 is 1.05 bits per heavy atom. The van der Waals surface area contributed by atoms with Crippen molar-refractivity contribution in [2.24, 2.45) is 0 Å². The Morgan fingerprint density at radius 2 is 1.71 bits per heavy atom. The topological polar surface area (TPSA) is 28.7 Å². The van der Waals surface area contributed by atoms with Gasteiger partial charge in [0.05, 0.1) is 11.1 Å². The van der Waals surface area contributed by atoms with Gasteiger partial charge in [-0.3, -0.25) is 0 Å². The van der Waals surface area contributed by atoms with Crippen molar-refractivity contribution < 1.29 is 17.6 Å². The van der Waals surface area contributed by atoms with Gasteiger partial charge in [-0.2, -0.15) is 13.2 Å². The van der Waals surface area contributed by atoms with Crippen LogP contribution in [0.2, 0.25) is 0 Å². The van der Waals surface area contributed by atoms with Crippen molar-refractivity contribution in [1.82, 2.24) is 9.97 Å². The van der Waals surface area contributed by atoms with Gasteiger partial charge in [0.15, 0.2) is 0 Å². The number of aromatic amines is 1. The summed E-state index contributed by atoms with van der Waals surface area (Å²) < 4.78 is 51.5. The van der Waals surface area contributed by atoms with Gasteiger partial charge in [0.2, 0.25) is 0 Å². The molecule has 0 radical (unpaired) electrons. The Kier molecular flexibility index (Phi) is 3.24. The molecule has 0 saturated heterocycles. The minimum Gasteiger partial charge on any atom is -0.338 e. The summed E-state index contributed by atoms with van der Waals surface area (Å²) in [5.41, 5.74) is 0.475. The average molecular weight is 359 g/mol. The van der Waals surface area contributed by atoms with Gasteiger partial charge >= 0.3 is 6.18 Å². The van der Waals surface area contributed by atoms with E-state index in [1.54, 1.807) is 0 Å². The molecule has 2 aromatic carbocycles. The fourth-order valence-corrected chi connectivity index (χ4v) is 2.53. The van der Waals surface area contributed by atoms with Crippen LogP contribution in [-0.4, -0.2) is 9.97 Å². The summed E-state index contributed by atoms with van der Waals surface area (Å²) in [4.78, 5) is 7.06. The third-order valence-corrected chi connectivity index (χ3v) is 3.59. The van der Waals surface area contributed by atoms with Gasteiger partial charge in [-0.05, 0) is 52.3 Å². The summed E-state index contributed by atoms with van der Waals surface area (Å²) in [5.74, 6) is -0.0135. The summed E-state index contributed by atoms with van der Waals surface area (Å²) >= 11 is 3.10. The van der Waals surface area contributed by atoms with E-state index in [2.05, 4.69) is 25.9 Å². The monoisotopic (exact) mass is 358 g/mol. The van der Waals surface area contributed by atoms with Crippen LogP contribution in [0.25, 0.3) is 22.4 Å². The van der Waals surface area contributed by atoms with E-state index in [9.17, 15) is 17.6 Å². The number of alkyl halides is 3. The number of benzene rings is 2. The predicted octanol–water partition coefficient (Wildman–Crippen LogP) is 5.15. The molecule has 0 unspecified atom stereocenters. The van der Waals surface area contributed by atoms with Crippen molar-refractivity contribution >= 4 is 27.0 Å². The van der Waals surface area contributed by atoms with Crippen LogP contribution in [0.15, 0.2) is 40.9 Å². The van der Waals surface area contributed by atoms with Crippen LogP contribution in [0.3, 0.4) is 0 Å². The van der Waals surface area contributed by atoms with Crippen LogP contribution in [-0.2, 0) is 6.18 Å². The molecule has 0 bridgehead atoms. The average Bonchev–Trinajstić information content (AvgIpc) is 2.83. The molecule has 0 saturated carbocycles. The van der Waals surface area contributed by atoms with Crippen LogP contribution in [0.5, 0.6) is 0 Å². The molecule has 108 valence electrons. The number of hydrogen-bond donors (Lipinski definition) is 1. The number of hydrogen-bond acceptors (Lipinski definition) is 1. The molecular formula is C14H7BrF4N2. The molecule has 2 nitrogen and oxygen atoms in total. The summed E-state index contributed by atoms with van der Waals surface area (Å²) in [7, 11) is 0. The first-order valence-corrected chi connectivity index (χ1v) is 6.66. The second-order valence-corrected chi connectivity index (χ2v) is 5.30. The Labute approximate surface area is 124 Å². The van der Waals surface area contributed by atoms with Gasteiger partial charge < -0.3 is 4.98 Å². The van der Waals surface area contributed by atoms with Gasteiger partial charge in [-0.25, -0.2) is 9.37 Å². The van der Waals surface area contributed by atoms with Crippen molar-refractivity contribution in [2.75, 3.05) is 0 Å². The number of H-pyrrole nitrogens is 1. The third kappa shape index (κ3) is 2.65. The number of imidazole rings is 1. The normalized spacial score (nSPS) is 12.0. The lowest BCUT2D eigenvalue weighted by atomic mass is 10.2. The maximum Gasteiger partial charge on any atom is 0.416 e. The number of fused-ring (bicyclic) bond motifs is 1. The Balaban J connectivity index is 2.16. The molecule has 0 fully saturated rings. The molecule has 1 heterocycles. The van der Waals surface area contributed by atoms with Crippen LogP contribution in [0.1, 0.15) is 5.56 Å². The molecule has 0 atom stereocenters. The van der Waals surface area contributed by atoms with Crippen molar-refractivity contribution in [3.8, 4) is 11.4 Å². The van der Waals surface area contributed by atoms with Crippen molar-refractivity contribution in [3.63, 3.8) is 0 Å². The van der Waals surface area contributed by atoms with E-state index >= 15 is 0 Å². The zero-order valence-corrected chi connectivity index (χ0v) is 11.9. The van der Waals surface area contributed by atoms with E-state index in [1.165, 1.54) is 24.3 Å². The lowest BCUT2D eigenvalue weighted by Crippen LogP contribution is -2.04. The molecule has 0 aliphatic rings. The molecule has 21 heavy (non-hydrogen) atoms. The molecule has 0 amide bonds. The van der Waals surface area contributed by atoms with Crippen molar-refractivity contribution in [3.05, 3.63) is 52.3 Å². The molecular weight excluding hydrogens is 352 g/mol. The van der Waals surface area contributed by atoms with Crippen LogP contribution < -0.4 is 0 Å². The first kappa shape index (κ1) is 14.1. The summed E-state index contributed by atoms with van der Waals surface area (Å²) in [6.07, 6.45) is -4.43. The molecule has 0 aliphatic heterocycles. The highest BCUT2D eigenvalue weighted by atomic mass is 79.9. The summed E-state index contributed by atoms with van der Waals surface area (Å²) in [6.45, 7) is 0. The van der Waals surface area contributed by atoms with Gasteiger partial charge in [0.25, 0.3) is 0 Å². The fraction of sp³-hybridized carbons (Fsp3) is 0.0714. The first-order valence-electron chi connectivity index (χ1n) is 5.87. The van der Waals surface area contributed by atoms with Crippen LogP contribution in [0, 0.1) is 5.82 Å². The van der Waals surface area contributed by atoms with Gasteiger partial charge in [0, 0.05) is 10.0 Å². The van der Waals surface area contributed by atoms with E-state index in [-0.39, 0.29) is 9.99 Å². The highest BCUT2D eigenvalue weighted by molar-refractivity contribution is 9.10. The van der Waals surface area contributed by atoms with Gasteiger partial charge in [-0.15, -0.1) is 0 Å². The fourth-order valence-electron chi connectivity index (χ4n) is 1.98. The second kappa shape index (κ2) is 4.84. The number of nitrogens with one attached hydrogen (secondary N) is 1. The van der Waals surface area contributed by atoms with E-state index in [0.717, 1.165) is 12.1 Å². The lowest BCUT2D eigenvalue weighted by molar-refractivity contribution is -0.137. The summed E-state index contributed by atoms with van der Waals surface area (Å²) in [5, 5.41) is 0. The minimum absolute atomic E-state index is 0.247. The van der Waals surface area contributed by atoms with Gasteiger partial charge in [0.1, 0.15) is 17.2 Å². The first-order chi connectivity index (χ1) is 9.84. The van der Waals surface area contributed by atoms with Crippen LogP contribution in [0.4, 0.5) is 17.6 Å². The maximum atomic E-state index is 12.9. The number of halogens is 5. The molecule has 3 aromatic rings. The van der Waals surface area contributed by atoms with E-state index in [4.69, 9.17) is 0 Å². The summed E-state index contributed by atoms with van der Waals surface area (Å²) in [6, 6.07) is 7.52. The zero-order chi connectivity index (χ0) is 15.2. The molecule has 7 heteroatoms. The van der Waals surface area contributed by atoms with E-state index in [1.807, 2.05) is 0 Å². The largest absolute Gasteiger partial charge is 0.416 e. The third-order valence-electron chi connectivity index (χ3n) is 2.99. The molecule has 0 aliphatic carbocycles. The Bertz CT molecular complexity index is 806. The molecule has 0 spiro atoms. The Hall–Kier alpha value is -1.89. The SMILES string of the molecule is Fc1ccc(-c2nc3c(Br)cc(C(F)(F)F)cc3[nH]2)cc1. The quantitative estimate of drug-likeness (QED) is 0.598. The van der Waals surface area contributed by atoms with Gasteiger partial charge in [-0.1, -0.05) is 0 Å². The van der Waals surface area contributed by atoms with Crippen LogP contribution >= 0.6 is 15.9 Å².